The maximum absolute atomic E-state index is 13.0. The fourth-order valence-electron chi connectivity index (χ4n) is 4.54. The molecule has 0 unspecified atom stereocenters. The number of halogens is 1. The summed E-state index contributed by atoms with van der Waals surface area (Å²) in [4.78, 5) is 22.3. The van der Waals surface area contributed by atoms with E-state index < -0.39 is 0 Å². The van der Waals surface area contributed by atoms with Gasteiger partial charge in [-0.1, -0.05) is 54.6 Å². The highest BCUT2D eigenvalue weighted by Crippen LogP contribution is 2.22. The molecule has 0 aliphatic carbocycles. The van der Waals surface area contributed by atoms with E-state index in [9.17, 15) is 4.79 Å². The van der Waals surface area contributed by atoms with Gasteiger partial charge < -0.3 is 4.90 Å². The van der Waals surface area contributed by atoms with E-state index in [0.29, 0.717) is 6.54 Å². The molecule has 1 aliphatic heterocycles. The maximum atomic E-state index is 13.0. The van der Waals surface area contributed by atoms with Crippen LogP contribution in [0, 0.1) is 0 Å². The van der Waals surface area contributed by atoms with Crippen LogP contribution < -0.4 is 10.5 Å². The summed E-state index contributed by atoms with van der Waals surface area (Å²) in [5.41, 5.74) is 3.01. The Balaban J connectivity index is 0.00000274. The number of hydrogen-bond acceptors (Lipinski definition) is 4. The lowest BCUT2D eigenvalue weighted by atomic mass is 10.1. The third-order valence-electron chi connectivity index (χ3n) is 6.24. The molecule has 4 aromatic rings. The minimum Gasteiger partial charge on any atom is -0.354 e. The van der Waals surface area contributed by atoms with Crippen LogP contribution in [0.4, 0.5) is 5.82 Å². The molecule has 0 bridgehead atoms. The van der Waals surface area contributed by atoms with Crippen LogP contribution in [0.15, 0.2) is 95.9 Å². The Morgan fingerprint density at radius 3 is 2.12 bits per heavy atom. The first-order valence-electron chi connectivity index (χ1n) is 11.6. The Labute approximate surface area is 206 Å². The fourth-order valence-corrected chi connectivity index (χ4v) is 4.54. The Hall–Kier alpha value is -3.35. The molecule has 1 fully saturated rings. The van der Waals surface area contributed by atoms with Gasteiger partial charge in [0.2, 0.25) is 0 Å². The number of nitrogens with zero attached hydrogens (tertiary/aromatic N) is 5. The number of rotatable bonds is 7. The second-order valence-electron chi connectivity index (χ2n) is 8.37. The summed E-state index contributed by atoms with van der Waals surface area (Å²) < 4.78 is 3.94. The Bertz CT molecular complexity index is 1220. The third-order valence-corrected chi connectivity index (χ3v) is 6.24. The number of hydrogen-bond donors (Lipinski definition) is 0. The lowest BCUT2D eigenvalue weighted by Crippen LogP contribution is -2.47. The molecule has 0 spiro atoms. The van der Waals surface area contributed by atoms with Gasteiger partial charge in [-0.3, -0.25) is 14.4 Å². The summed E-state index contributed by atoms with van der Waals surface area (Å²) in [6.07, 6.45) is 2.78. The van der Waals surface area contributed by atoms with Gasteiger partial charge in [0.1, 0.15) is 5.82 Å². The van der Waals surface area contributed by atoms with Gasteiger partial charge in [0.05, 0.1) is 11.4 Å². The number of benzene rings is 2. The van der Waals surface area contributed by atoms with Crippen molar-refractivity contribution < 1.29 is 0 Å². The van der Waals surface area contributed by atoms with Crippen LogP contribution in [0.25, 0.3) is 16.9 Å². The minimum atomic E-state index is 0. The first-order chi connectivity index (χ1) is 16.3. The smallest absolute Gasteiger partial charge is 0.267 e. The van der Waals surface area contributed by atoms with E-state index in [1.54, 1.807) is 6.07 Å². The van der Waals surface area contributed by atoms with Crippen molar-refractivity contribution in [2.24, 2.45) is 0 Å². The first kappa shape index (κ1) is 23.8. The van der Waals surface area contributed by atoms with Gasteiger partial charge in [-0.05, 0) is 30.7 Å². The lowest BCUT2D eigenvalue weighted by Gasteiger charge is -2.35. The molecule has 0 saturated carbocycles. The summed E-state index contributed by atoms with van der Waals surface area (Å²) in [5, 5.41) is 0. The molecule has 0 N–H and O–H groups in total. The van der Waals surface area contributed by atoms with Gasteiger partial charge in [-0.15, -0.1) is 12.4 Å². The molecule has 6 nitrogen and oxygen atoms in total. The Morgan fingerprint density at radius 1 is 0.765 bits per heavy atom. The monoisotopic (exact) mass is 475 g/mol. The predicted molar refractivity (Wildman–Crippen MR) is 140 cm³/mol. The summed E-state index contributed by atoms with van der Waals surface area (Å²) in [6.45, 7) is 5.65. The van der Waals surface area contributed by atoms with E-state index in [2.05, 4.69) is 49.8 Å². The molecule has 176 valence electrons. The average Bonchev–Trinajstić information content (AvgIpc) is 3.22. The highest BCUT2D eigenvalue weighted by atomic mass is 35.5. The number of para-hydroxylation sites is 1. The topological polar surface area (TPSA) is 46.3 Å². The van der Waals surface area contributed by atoms with E-state index in [1.807, 2.05) is 59.4 Å². The first-order valence-corrected chi connectivity index (χ1v) is 11.6. The second-order valence-corrected chi connectivity index (χ2v) is 8.37. The number of piperazine rings is 1. The summed E-state index contributed by atoms with van der Waals surface area (Å²) in [5.74, 6) is 1.05. The molecule has 5 rings (SSSR count). The molecule has 34 heavy (non-hydrogen) atoms. The van der Waals surface area contributed by atoms with E-state index >= 15 is 0 Å². The van der Waals surface area contributed by atoms with Gasteiger partial charge in [0.15, 0.2) is 0 Å². The van der Waals surface area contributed by atoms with Gasteiger partial charge in [-0.25, -0.2) is 9.67 Å². The molecule has 0 radical (unpaired) electrons. The van der Waals surface area contributed by atoms with Crippen LogP contribution in [0.3, 0.4) is 0 Å². The van der Waals surface area contributed by atoms with Gasteiger partial charge >= 0.3 is 0 Å². The normalized spacial score (nSPS) is 14.1. The quantitative estimate of drug-likeness (QED) is 0.399. The van der Waals surface area contributed by atoms with Crippen molar-refractivity contribution in [1.82, 2.24) is 19.2 Å². The molecule has 2 aromatic heterocycles. The summed E-state index contributed by atoms with van der Waals surface area (Å²) in [7, 11) is 0. The number of pyridine rings is 1. The SMILES string of the molecule is Cl.O=c1cc(-c2ccccc2)n(-c2ccccc2)n1CCCN1CCN(c2ccccn2)CC1. The molecule has 1 saturated heterocycles. The van der Waals surface area contributed by atoms with Crippen LogP contribution in [0.5, 0.6) is 0 Å². The Morgan fingerprint density at radius 2 is 1.44 bits per heavy atom. The highest BCUT2D eigenvalue weighted by Gasteiger charge is 2.18. The van der Waals surface area contributed by atoms with Crippen LogP contribution in [0.2, 0.25) is 0 Å². The van der Waals surface area contributed by atoms with Crippen LogP contribution in [-0.2, 0) is 6.54 Å². The van der Waals surface area contributed by atoms with Crippen molar-refractivity contribution in [3.05, 3.63) is 101 Å². The largest absolute Gasteiger partial charge is 0.354 e. The van der Waals surface area contributed by atoms with E-state index in [4.69, 9.17) is 0 Å². The van der Waals surface area contributed by atoms with Crippen LogP contribution in [0.1, 0.15) is 6.42 Å². The predicted octanol–water partition coefficient (Wildman–Crippen LogP) is 4.34. The maximum Gasteiger partial charge on any atom is 0.267 e. The van der Waals surface area contributed by atoms with Crippen molar-refractivity contribution in [2.75, 3.05) is 37.6 Å². The molecule has 0 atom stereocenters. The molecule has 1 aliphatic rings. The lowest BCUT2D eigenvalue weighted by molar-refractivity contribution is 0.247. The van der Waals surface area contributed by atoms with Crippen LogP contribution >= 0.6 is 12.4 Å². The minimum absolute atomic E-state index is 0. The van der Waals surface area contributed by atoms with E-state index in [0.717, 1.165) is 61.9 Å². The molecule has 0 amide bonds. The van der Waals surface area contributed by atoms with Crippen molar-refractivity contribution in [1.29, 1.82) is 0 Å². The Kier molecular flexibility index (Phi) is 7.83. The zero-order valence-corrected chi connectivity index (χ0v) is 20.0. The van der Waals surface area contributed by atoms with Gasteiger partial charge in [0.25, 0.3) is 5.56 Å². The summed E-state index contributed by atoms with van der Waals surface area (Å²) in [6, 6.07) is 28.1. The molecule has 3 heterocycles. The van der Waals surface area contributed by atoms with Gasteiger partial charge in [0, 0.05) is 57.1 Å². The summed E-state index contributed by atoms with van der Waals surface area (Å²) >= 11 is 0. The van der Waals surface area contributed by atoms with Crippen molar-refractivity contribution in [3.63, 3.8) is 0 Å². The molecular formula is C27H30ClN5O. The van der Waals surface area contributed by atoms with E-state index in [1.165, 1.54) is 0 Å². The second kappa shape index (κ2) is 11.2. The molecule has 2 aromatic carbocycles. The highest BCUT2D eigenvalue weighted by molar-refractivity contribution is 5.85. The number of aromatic nitrogens is 3. The fraction of sp³-hybridized carbons (Fsp3) is 0.259. The molecule has 7 heteroatoms. The standard InChI is InChI=1S/C27H29N5O.ClH/c33-27-22-25(23-10-3-1-4-11-23)32(24-12-5-2-6-13-24)31(27)17-9-16-29-18-20-30(21-19-29)26-14-7-8-15-28-26;/h1-8,10-15,22H,9,16-21H2;1H. The third kappa shape index (κ3) is 5.24. The van der Waals surface area contributed by atoms with Crippen molar-refractivity contribution >= 4 is 18.2 Å². The van der Waals surface area contributed by atoms with Crippen molar-refractivity contribution in [3.8, 4) is 16.9 Å². The van der Waals surface area contributed by atoms with Gasteiger partial charge in [-0.2, -0.15) is 0 Å². The van der Waals surface area contributed by atoms with Crippen molar-refractivity contribution in [2.45, 2.75) is 13.0 Å². The zero-order chi connectivity index (χ0) is 22.5. The van der Waals surface area contributed by atoms with E-state index in [-0.39, 0.29) is 18.0 Å². The average molecular weight is 476 g/mol. The van der Waals surface area contributed by atoms with Crippen LogP contribution in [-0.4, -0.2) is 52.0 Å². The zero-order valence-electron chi connectivity index (χ0n) is 19.2. The number of anilines is 1. The molecular weight excluding hydrogens is 446 g/mol.